The third-order valence-corrected chi connectivity index (χ3v) is 4.96. The largest absolute Gasteiger partial charge is 0.464 e. The van der Waals surface area contributed by atoms with E-state index in [1.165, 1.54) is 7.11 Å². The van der Waals surface area contributed by atoms with Crippen LogP contribution in [0, 0.1) is 0 Å². The van der Waals surface area contributed by atoms with Crippen LogP contribution < -0.4 is 0 Å². The Morgan fingerprint density at radius 3 is 1.80 bits per heavy atom. The van der Waals surface area contributed by atoms with Crippen LogP contribution in [0.2, 0.25) is 0 Å². The van der Waals surface area contributed by atoms with Gasteiger partial charge < -0.3 is 28.4 Å². The molecule has 1 aromatic carbocycles. The van der Waals surface area contributed by atoms with E-state index in [9.17, 15) is 24.0 Å². The van der Waals surface area contributed by atoms with E-state index >= 15 is 0 Å². The minimum atomic E-state index is -1.40. The first-order valence-electron chi connectivity index (χ1n) is 10.7. The van der Waals surface area contributed by atoms with Gasteiger partial charge in [0, 0.05) is 34.8 Å². The highest BCUT2D eigenvalue weighted by Crippen LogP contribution is 2.33. The number of benzene rings is 1. The first kappa shape index (κ1) is 27.6. The van der Waals surface area contributed by atoms with Crippen LogP contribution in [-0.2, 0) is 54.2 Å². The van der Waals surface area contributed by atoms with E-state index in [-0.39, 0.29) is 6.61 Å². The van der Waals surface area contributed by atoms with Crippen LogP contribution in [0.1, 0.15) is 33.3 Å². The molecule has 35 heavy (non-hydrogen) atoms. The zero-order chi connectivity index (χ0) is 26.1. The van der Waals surface area contributed by atoms with Gasteiger partial charge in [0.25, 0.3) is 0 Å². The molecule has 0 spiro atoms. The minimum Gasteiger partial charge on any atom is -0.464 e. The predicted molar refractivity (Wildman–Crippen MR) is 116 cm³/mol. The lowest BCUT2D eigenvalue weighted by Gasteiger charge is -2.49. The van der Waals surface area contributed by atoms with Crippen molar-refractivity contribution in [2.24, 2.45) is 0 Å². The Bertz CT molecular complexity index is 919. The van der Waals surface area contributed by atoms with Gasteiger partial charge in [-0.2, -0.15) is 0 Å². The maximum atomic E-state index is 13.3. The number of piperidine rings is 1. The molecular weight excluding hydrogens is 466 g/mol. The van der Waals surface area contributed by atoms with Crippen molar-refractivity contribution in [1.82, 2.24) is 4.90 Å². The topological polar surface area (TPSA) is 144 Å². The Balaban J connectivity index is 2.53. The van der Waals surface area contributed by atoms with Gasteiger partial charge in [-0.25, -0.2) is 4.79 Å². The summed E-state index contributed by atoms with van der Waals surface area (Å²) < 4.78 is 32.1. The Morgan fingerprint density at radius 1 is 0.743 bits per heavy atom. The summed E-state index contributed by atoms with van der Waals surface area (Å²) in [4.78, 5) is 61.6. The first-order valence-corrected chi connectivity index (χ1v) is 10.7. The third-order valence-electron chi connectivity index (χ3n) is 4.96. The van der Waals surface area contributed by atoms with Gasteiger partial charge in [-0.1, -0.05) is 30.3 Å². The molecule has 0 N–H and O–H groups in total. The summed E-state index contributed by atoms with van der Waals surface area (Å²) in [6.45, 7) is 3.91. The van der Waals surface area contributed by atoms with E-state index in [4.69, 9.17) is 28.4 Å². The van der Waals surface area contributed by atoms with E-state index in [1.54, 1.807) is 30.3 Å². The monoisotopic (exact) mass is 495 g/mol. The number of hydrogen-bond acceptors (Lipinski definition) is 11. The predicted octanol–water partition coefficient (Wildman–Crippen LogP) is 1.34. The third kappa shape index (κ3) is 7.67. The summed E-state index contributed by atoms with van der Waals surface area (Å²) in [5.74, 6) is -3.00. The fourth-order valence-electron chi connectivity index (χ4n) is 3.71. The number of nitrogens with zero attached hydrogens (tertiary/aromatic N) is 1. The van der Waals surface area contributed by atoms with Crippen LogP contribution in [0.3, 0.4) is 0 Å². The number of methoxy groups -OCH3 is 1. The fourth-order valence-corrected chi connectivity index (χ4v) is 3.71. The maximum absolute atomic E-state index is 13.3. The highest BCUT2D eigenvalue weighted by Gasteiger charge is 2.57. The molecule has 0 saturated carbocycles. The van der Waals surface area contributed by atoms with Crippen molar-refractivity contribution in [3.63, 3.8) is 0 Å². The van der Waals surface area contributed by atoms with Gasteiger partial charge in [0.05, 0.1) is 0 Å². The molecule has 0 unspecified atom stereocenters. The summed E-state index contributed by atoms with van der Waals surface area (Å²) in [5.41, 5.74) is 0.689. The van der Waals surface area contributed by atoms with E-state index in [1.807, 2.05) is 0 Å². The standard InChI is InChI=1S/C23H29NO11/c1-13(25)31-12-18-19(33-14(2)26)20(34-15(3)27)21(35-16(4)28)22(30-5)24(18)23(29)32-11-17-9-7-6-8-10-17/h6-10,18-22H,11-12H2,1-5H3/t18-,19-,20+,21-,22-/m1/s1. The highest BCUT2D eigenvalue weighted by molar-refractivity contribution is 5.72. The van der Waals surface area contributed by atoms with Crippen molar-refractivity contribution in [1.29, 1.82) is 0 Å². The van der Waals surface area contributed by atoms with E-state index in [0.29, 0.717) is 5.56 Å². The SMILES string of the molecule is CO[C@@H]1[C@H](OC(C)=O)[C@@H](OC(C)=O)[C@H](OC(C)=O)[C@@H](COC(C)=O)N1C(=O)OCc1ccccc1. The summed E-state index contributed by atoms with van der Waals surface area (Å²) in [7, 11) is 1.23. The first-order chi connectivity index (χ1) is 16.5. The lowest BCUT2D eigenvalue weighted by atomic mass is 9.92. The smallest absolute Gasteiger partial charge is 0.412 e. The molecule has 0 aliphatic carbocycles. The number of rotatable bonds is 8. The second-order valence-electron chi connectivity index (χ2n) is 7.67. The molecule has 1 aliphatic heterocycles. The summed E-state index contributed by atoms with van der Waals surface area (Å²) in [6, 6.07) is 7.61. The molecule has 1 saturated heterocycles. The number of amides is 1. The molecule has 5 atom stereocenters. The zero-order valence-corrected chi connectivity index (χ0v) is 20.1. The lowest BCUT2D eigenvalue weighted by molar-refractivity contribution is -0.245. The molecule has 12 nitrogen and oxygen atoms in total. The number of carbonyl (C=O) groups is 5. The van der Waals surface area contributed by atoms with E-state index in [0.717, 1.165) is 32.6 Å². The molecule has 192 valence electrons. The summed E-state index contributed by atoms with van der Waals surface area (Å²) >= 11 is 0. The normalized spacial score (nSPS) is 23.6. The van der Waals surface area contributed by atoms with Crippen molar-refractivity contribution < 1.29 is 52.4 Å². The molecule has 0 aromatic heterocycles. The Kier molecular flexibility index (Phi) is 10.0. The molecule has 12 heteroatoms. The number of esters is 4. The van der Waals surface area contributed by atoms with Gasteiger partial charge in [0.15, 0.2) is 24.5 Å². The van der Waals surface area contributed by atoms with Crippen molar-refractivity contribution >= 4 is 30.0 Å². The number of hydrogen-bond donors (Lipinski definition) is 0. The van der Waals surface area contributed by atoms with Crippen LogP contribution in [0.15, 0.2) is 30.3 Å². The molecular formula is C23H29NO11. The minimum absolute atomic E-state index is 0.114. The average molecular weight is 495 g/mol. The van der Waals surface area contributed by atoms with Gasteiger partial charge in [0.1, 0.15) is 19.3 Å². The second-order valence-corrected chi connectivity index (χ2v) is 7.67. The van der Waals surface area contributed by atoms with Gasteiger partial charge in [-0.3, -0.25) is 24.1 Å². The van der Waals surface area contributed by atoms with Gasteiger partial charge in [-0.05, 0) is 5.56 Å². The summed E-state index contributed by atoms with van der Waals surface area (Å²) in [5, 5.41) is 0. The number of carbonyl (C=O) groups excluding carboxylic acids is 5. The average Bonchev–Trinajstić information content (AvgIpc) is 2.78. The maximum Gasteiger partial charge on any atom is 0.412 e. The van der Waals surface area contributed by atoms with Crippen molar-refractivity contribution in [3.05, 3.63) is 35.9 Å². The van der Waals surface area contributed by atoms with Crippen LogP contribution >= 0.6 is 0 Å². The second kappa shape index (κ2) is 12.7. The van der Waals surface area contributed by atoms with Crippen LogP contribution in [-0.4, -0.2) is 79.2 Å². The molecule has 1 amide bonds. The van der Waals surface area contributed by atoms with Crippen molar-refractivity contribution in [2.75, 3.05) is 13.7 Å². The van der Waals surface area contributed by atoms with Crippen LogP contribution in [0.25, 0.3) is 0 Å². The van der Waals surface area contributed by atoms with Crippen LogP contribution in [0.5, 0.6) is 0 Å². The lowest BCUT2D eigenvalue weighted by Crippen LogP contribution is -2.71. The quantitative estimate of drug-likeness (QED) is 0.380. The summed E-state index contributed by atoms with van der Waals surface area (Å²) in [6.07, 6.45) is -6.46. The molecule has 0 bridgehead atoms. The van der Waals surface area contributed by atoms with E-state index in [2.05, 4.69) is 0 Å². The molecule has 1 aromatic rings. The van der Waals surface area contributed by atoms with Gasteiger partial charge in [0.2, 0.25) is 0 Å². The Morgan fingerprint density at radius 2 is 1.29 bits per heavy atom. The molecule has 1 aliphatic rings. The fraction of sp³-hybridized carbons (Fsp3) is 0.522. The molecule has 1 fully saturated rings. The van der Waals surface area contributed by atoms with Crippen molar-refractivity contribution in [2.45, 2.75) is 64.9 Å². The highest BCUT2D eigenvalue weighted by atomic mass is 16.6. The Labute approximate surface area is 202 Å². The Hall–Kier alpha value is -3.67. The van der Waals surface area contributed by atoms with Crippen molar-refractivity contribution in [3.8, 4) is 0 Å². The number of likely N-dealkylation sites (tertiary alicyclic amines) is 1. The number of ether oxygens (including phenoxy) is 6. The van der Waals surface area contributed by atoms with Gasteiger partial charge in [-0.15, -0.1) is 0 Å². The van der Waals surface area contributed by atoms with E-state index < -0.39 is 67.2 Å². The zero-order valence-electron chi connectivity index (χ0n) is 20.1. The van der Waals surface area contributed by atoms with Crippen LogP contribution in [0.4, 0.5) is 4.79 Å². The molecule has 1 heterocycles. The molecule has 0 radical (unpaired) electrons. The molecule has 2 rings (SSSR count). The van der Waals surface area contributed by atoms with Gasteiger partial charge >= 0.3 is 30.0 Å².